The molecule has 1 aliphatic carbocycles. The molecule has 0 radical (unpaired) electrons. The van der Waals surface area contributed by atoms with Gasteiger partial charge in [-0.15, -0.1) is 0 Å². The summed E-state index contributed by atoms with van der Waals surface area (Å²) in [4.78, 5) is 5.76. The van der Waals surface area contributed by atoms with E-state index in [4.69, 9.17) is 10.6 Å². The van der Waals surface area contributed by atoms with E-state index in [0.717, 1.165) is 49.3 Å². The maximum Gasteiger partial charge on any atom is 0.131 e. The van der Waals surface area contributed by atoms with Crippen LogP contribution in [-0.4, -0.2) is 12.3 Å². The number of benzene rings is 1. The van der Waals surface area contributed by atoms with Gasteiger partial charge in [0.25, 0.3) is 0 Å². The van der Waals surface area contributed by atoms with Gasteiger partial charge in [-0.1, -0.05) is 104 Å². The summed E-state index contributed by atoms with van der Waals surface area (Å²) in [5.74, 6) is 1.21. The van der Waals surface area contributed by atoms with Gasteiger partial charge in [-0.2, -0.15) is 0 Å². The summed E-state index contributed by atoms with van der Waals surface area (Å²) in [6.45, 7) is 23.1. The number of hydrogen-bond acceptors (Lipinski definition) is 3. The average molecular weight is 471 g/mol. The largest absolute Gasteiger partial charge is 0.362 e. The maximum absolute atomic E-state index is 5.76. The van der Waals surface area contributed by atoms with E-state index in [-0.39, 0.29) is 10.8 Å². The van der Waals surface area contributed by atoms with Crippen molar-refractivity contribution in [2.24, 2.45) is 16.8 Å². The van der Waals surface area contributed by atoms with Crippen LogP contribution in [0.15, 0.2) is 35.7 Å². The van der Waals surface area contributed by atoms with Gasteiger partial charge in [-0.3, -0.25) is 0 Å². The van der Waals surface area contributed by atoms with Crippen LogP contribution in [0.25, 0.3) is 0 Å². The highest BCUT2D eigenvalue weighted by Gasteiger charge is 2.37. The van der Waals surface area contributed by atoms with Crippen LogP contribution in [0.1, 0.15) is 136 Å². The van der Waals surface area contributed by atoms with Gasteiger partial charge in [0.1, 0.15) is 5.76 Å². The van der Waals surface area contributed by atoms with Gasteiger partial charge in [0.15, 0.2) is 0 Å². The number of rotatable bonds is 12. The van der Waals surface area contributed by atoms with E-state index in [9.17, 15) is 0 Å². The lowest BCUT2D eigenvalue weighted by molar-refractivity contribution is 0.181. The molecule has 194 valence electrons. The molecule has 0 spiro atoms. The van der Waals surface area contributed by atoms with Crippen LogP contribution < -0.4 is 5.73 Å². The van der Waals surface area contributed by atoms with Crippen molar-refractivity contribution >= 4 is 5.71 Å². The molecule has 0 aromatic heterocycles. The molecule has 3 nitrogen and oxygen atoms in total. The molecule has 0 aliphatic heterocycles. The van der Waals surface area contributed by atoms with E-state index in [2.05, 4.69) is 78.4 Å². The number of nitrogens with two attached hydrogens (primary N) is 1. The first-order valence-electron chi connectivity index (χ1n) is 13.8. The fraction of sp³-hybridized carbons (Fsp3) is 0.710. The molecular weight excluding hydrogens is 416 g/mol. The summed E-state index contributed by atoms with van der Waals surface area (Å²) in [6.07, 6.45) is 12.1. The molecule has 0 fully saturated rings. The molecule has 0 amide bonds. The van der Waals surface area contributed by atoms with Crippen molar-refractivity contribution in [2.45, 2.75) is 130 Å². The molecule has 1 aromatic rings. The molecule has 0 heterocycles. The Balaban J connectivity index is 0.000000718. The van der Waals surface area contributed by atoms with Crippen LogP contribution in [0.4, 0.5) is 0 Å². The molecular formula is C31H54N2O. The van der Waals surface area contributed by atoms with E-state index in [1.165, 1.54) is 49.7 Å². The molecule has 0 saturated carbocycles. The van der Waals surface area contributed by atoms with Gasteiger partial charge in [0, 0.05) is 5.92 Å². The summed E-state index contributed by atoms with van der Waals surface area (Å²) in [5, 5.41) is 4.43. The normalized spacial score (nSPS) is 16.5. The van der Waals surface area contributed by atoms with E-state index >= 15 is 0 Å². The van der Waals surface area contributed by atoms with E-state index in [1.54, 1.807) is 0 Å². The van der Waals surface area contributed by atoms with Crippen LogP contribution in [0.3, 0.4) is 0 Å². The molecule has 3 heteroatoms. The first kappa shape index (κ1) is 30.4. The highest BCUT2D eigenvalue weighted by molar-refractivity contribution is 5.98. The van der Waals surface area contributed by atoms with Gasteiger partial charge < -0.3 is 10.6 Å². The number of fused-ring (bicyclic) bond motifs is 1. The second-order valence-corrected chi connectivity index (χ2v) is 11.4. The van der Waals surface area contributed by atoms with Gasteiger partial charge in [0.2, 0.25) is 0 Å². The minimum atomic E-state index is 0.207. The minimum absolute atomic E-state index is 0.207. The first-order chi connectivity index (χ1) is 16.0. The SMILES string of the molecule is C=C(O/N=C(\C)c1ccc2c(c1)C(C)(C)CCC2(C)C)C(CCC)CCC.CCCCCCN. The number of nitrogens with zero attached hydrogens (tertiary/aromatic N) is 1. The highest BCUT2D eigenvalue weighted by Crippen LogP contribution is 2.45. The van der Waals surface area contributed by atoms with Crippen LogP contribution in [0.5, 0.6) is 0 Å². The molecule has 0 atom stereocenters. The van der Waals surface area contributed by atoms with E-state index in [0.29, 0.717) is 5.92 Å². The molecule has 2 rings (SSSR count). The standard InChI is InChI=1S/C25H39NO.C6H15N/c1-9-11-20(12-10-2)19(4)27-26-18(3)21-13-14-22-23(17-21)25(7,8)16-15-24(22,5)6;1-2-3-4-5-6-7/h13-14,17,20H,4,9-12,15-16H2,1-3,5-8H3;2-7H2,1H3/b26-18+;. The lowest BCUT2D eigenvalue weighted by Crippen LogP contribution is -2.34. The number of unbranched alkanes of at least 4 members (excludes halogenated alkanes) is 3. The van der Waals surface area contributed by atoms with E-state index < -0.39 is 0 Å². The molecule has 1 aromatic carbocycles. The van der Waals surface area contributed by atoms with Crippen molar-refractivity contribution in [2.75, 3.05) is 6.54 Å². The van der Waals surface area contributed by atoms with Crippen LogP contribution in [-0.2, 0) is 15.7 Å². The predicted octanol–water partition coefficient (Wildman–Crippen LogP) is 9.03. The van der Waals surface area contributed by atoms with Crippen molar-refractivity contribution in [3.8, 4) is 0 Å². The second-order valence-electron chi connectivity index (χ2n) is 11.4. The summed E-state index contributed by atoms with van der Waals surface area (Å²) in [7, 11) is 0. The zero-order valence-electron chi connectivity index (χ0n) is 23.7. The highest BCUT2D eigenvalue weighted by atomic mass is 16.6. The van der Waals surface area contributed by atoms with Gasteiger partial charge in [0.05, 0.1) is 5.71 Å². The third kappa shape index (κ3) is 9.21. The van der Waals surface area contributed by atoms with Gasteiger partial charge >= 0.3 is 0 Å². The quantitative estimate of drug-likeness (QED) is 0.143. The monoisotopic (exact) mass is 470 g/mol. The Morgan fingerprint density at radius 2 is 1.53 bits per heavy atom. The Morgan fingerprint density at radius 3 is 2.06 bits per heavy atom. The van der Waals surface area contributed by atoms with Crippen LogP contribution >= 0.6 is 0 Å². The van der Waals surface area contributed by atoms with Crippen molar-refractivity contribution < 1.29 is 4.84 Å². The summed E-state index contributed by atoms with van der Waals surface area (Å²) in [5.41, 5.74) is 10.7. The third-order valence-electron chi connectivity index (χ3n) is 7.36. The Hall–Kier alpha value is -1.61. The van der Waals surface area contributed by atoms with Crippen molar-refractivity contribution in [1.29, 1.82) is 0 Å². The Morgan fingerprint density at radius 1 is 0.941 bits per heavy atom. The molecule has 0 bridgehead atoms. The summed E-state index contributed by atoms with van der Waals surface area (Å²) >= 11 is 0. The first-order valence-corrected chi connectivity index (χ1v) is 13.8. The number of oxime groups is 1. The molecule has 34 heavy (non-hydrogen) atoms. The van der Waals surface area contributed by atoms with Crippen molar-refractivity contribution in [3.05, 3.63) is 47.2 Å². The molecule has 0 saturated heterocycles. The number of hydrogen-bond donors (Lipinski definition) is 1. The minimum Gasteiger partial charge on any atom is -0.362 e. The molecule has 2 N–H and O–H groups in total. The lowest BCUT2D eigenvalue weighted by Gasteiger charge is -2.42. The Bertz CT molecular complexity index is 766. The van der Waals surface area contributed by atoms with Crippen LogP contribution in [0.2, 0.25) is 0 Å². The van der Waals surface area contributed by atoms with Crippen molar-refractivity contribution in [3.63, 3.8) is 0 Å². The zero-order valence-corrected chi connectivity index (χ0v) is 23.7. The lowest BCUT2D eigenvalue weighted by atomic mass is 9.63. The Kier molecular flexibility index (Phi) is 13.2. The molecule has 0 unspecified atom stereocenters. The average Bonchev–Trinajstić information content (AvgIpc) is 2.81. The van der Waals surface area contributed by atoms with Gasteiger partial charge in [-0.05, 0) is 79.2 Å². The smallest absolute Gasteiger partial charge is 0.131 e. The fourth-order valence-electron chi connectivity index (χ4n) is 4.80. The Labute approximate surface area is 211 Å². The van der Waals surface area contributed by atoms with Gasteiger partial charge in [-0.25, -0.2) is 0 Å². The second kappa shape index (κ2) is 14.7. The topological polar surface area (TPSA) is 47.6 Å². The zero-order chi connectivity index (χ0) is 25.8. The number of allylic oxidation sites excluding steroid dienone is 1. The third-order valence-corrected chi connectivity index (χ3v) is 7.36. The molecule has 1 aliphatic rings. The fourth-order valence-corrected chi connectivity index (χ4v) is 4.80. The predicted molar refractivity (Wildman–Crippen MR) is 151 cm³/mol. The van der Waals surface area contributed by atoms with Crippen molar-refractivity contribution in [1.82, 2.24) is 0 Å². The van der Waals surface area contributed by atoms with Crippen LogP contribution in [0, 0.1) is 5.92 Å². The van der Waals surface area contributed by atoms with E-state index in [1.807, 2.05) is 6.92 Å². The summed E-state index contributed by atoms with van der Waals surface area (Å²) in [6, 6.07) is 6.83. The maximum atomic E-state index is 5.76. The summed E-state index contributed by atoms with van der Waals surface area (Å²) < 4.78 is 0.